The van der Waals surface area contributed by atoms with Gasteiger partial charge in [-0.15, -0.1) is 0 Å². The van der Waals surface area contributed by atoms with Crippen molar-refractivity contribution in [1.82, 2.24) is 10.2 Å². The molecule has 0 aromatic heterocycles. The second-order valence-electron chi connectivity index (χ2n) is 12.5. The van der Waals surface area contributed by atoms with E-state index in [1.807, 2.05) is 64.1 Å². The second kappa shape index (κ2) is 17.1. The summed E-state index contributed by atoms with van der Waals surface area (Å²) in [5.74, 6) is -0.272. The zero-order valence-corrected chi connectivity index (χ0v) is 31.4. The minimum atomic E-state index is -4.38. The standard InChI is InChI=1S/C38H43Cl2N3O6S/c1-25(2)22-41-38(45)34(19-28-10-8-7-9-11-28)42(23-29-12-13-30(39)20-33(29)40)37(44)24-43(31-17-26(3)16-27(4)18-31)50(46,47)32-14-15-35(48-5)36(21-32)49-6/h7-18,20-21,25,34H,19,22-24H2,1-6H3,(H,41,45)/t34-/m1/s1. The van der Waals surface area contributed by atoms with Crippen LogP contribution >= 0.6 is 23.2 Å². The molecule has 0 bridgehead atoms. The van der Waals surface area contributed by atoms with E-state index in [9.17, 15) is 18.0 Å². The third-order valence-electron chi connectivity index (χ3n) is 8.03. The van der Waals surface area contributed by atoms with Gasteiger partial charge < -0.3 is 19.7 Å². The summed E-state index contributed by atoms with van der Waals surface area (Å²) in [6.07, 6.45) is 0.174. The van der Waals surface area contributed by atoms with E-state index in [4.69, 9.17) is 32.7 Å². The quantitative estimate of drug-likeness (QED) is 0.138. The van der Waals surface area contributed by atoms with Crippen molar-refractivity contribution in [2.75, 3.05) is 31.6 Å². The van der Waals surface area contributed by atoms with Gasteiger partial charge in [-0.2, -0.15) is 0 Å². The normalized spacial score (nSPS) is 11.9. The van der Waals surface area contributed by atoms with Crippen molar-refractivity contribution in [3.63, 3.8) is 0 Å². The molecule has 50 heavy (non-hydrogen) atoms. The predicted octanol–water partition coefficient (Wildman–Crippen LogP) is 7.24. The first kappa shape index (κ1) is 38.6. The number of nitrogens with zero attached hydrogens (tertiary/aromatic N) is 2. The summed E-state index contributed by atoms with van der Waals surface area (Å²) in [7, 11) is -1.51. The lowest BCUT2D eigenvalue weighted by atomic mass is 10.0. The maximum Gasteiger partial charge on any atom is 0.264 e. The summed E-state index contributed by atoms with van der Waals surface area (Å²) in [5, 5.41) is 3.70. The molecule has 1 N–H and O–H groups in total. The Morgan fingerprint density at radius 2 is 1.50 bits per heavy atom. The number of nitrogens with one attached hydrogen (secondary N) is 1. The smallest absolute Gasteiger partial charge is 0.264 e. The Labute approximate surface area is 305 Å². The largest absolute Gasteiger partial charge is 0.493 e. The van der Waals surface area contributed by atoms with Crippen LogP contribution in [0.15, 0.2) is 89.8 Å². The van der Waals surface area contributed by atoms with Gasteiger partial charge in [-0.1, -0.05) is 79.5 Å². The highest BCUT2D eigenvalue weighted by Gasteiger charge is 2.35. The maximum atomic E-state index is 14.8. The first-order valence-electron chi connectivity index (χ1n) is 16.1. The van der Waals surface area contributed by atoms with Crippen molar-refractivity contribution >= 4 is 50.7 Å². The lowest BCUT2D eigenvalue weighted by Crippen LogP contribution is -2.53. The zero-order valence-electron chi connectivity index (χ0n) is 29.1. The fourth-order valence-electron chi connectivity index (χ4n) is 5.54. The first-order valence-corrected chi connectivity index (χ1v) is 18.3. The van der Waals surface area contributed by atoms with Gasteiger partial charge in [0.15, 0.2) is 11.5 Å². The summed E-state index contributed by atoms with van der Waals surface area (Å²) in [5.41, 5.74) is 3.26. The molecule has 0 radical (unpaired) electrons. The van der Waals surface area contributed by atoms with E-state index < -0.39 is 28.5 Å². The molecule has 0 fully saturated rings. The van der Waals surface area contributed by atoms with Gasteiger partial charge in [-0.05, 0) is 78.4 Å². The summed E-state index contributed by atoms with van der Waals surface area (Å²) in [4.78, 5) is 30.1. The summed E-state index contributed by atoms with van der Waals surface area (Å²) in [6.45, 7) is 7.34. The number of carbonyl (C=O) groups excluding carboxylic acids is 2. The van der Waals surface area contributed by atoms with Gasteiger partial charge >= 0.3 is 0 Å². The summed E-state index contributed by atoms with van der Waals surface area (Å²) < 4.78 is 40.9. The molecule has 9 nitrogen and oxygen atoms in total. The minimum absolute atomic E-state index is 0.0848. The number of benzene rings is 4. The first-order chi connectivity index (χ1) is 23.7. The van der Waals surface area contributed by atoms with Gasteiger partial charge in [-0.3, -0.25) is 13.9 Å². The Kier molecular flexibility index (Phi) is 13.2. The minimum Gasteiger partial charge on any atom is -0.493 e. The molecule has 4 aromatic rings. The molecule has 0 spiro atoms. The Hall–Kier alpha value is -4.25. The van der Waals surface area contributed by atoms with Crippen molar-refractivity contribution in [2.24, 2.45) is 5.92 Å². The Balaban J connectivity index is 1.87. The molecule has 0 unspecified atom stereocenters. The van der Waals surface area contributed by atoms with Crippen molar-refractivity contribution < 1.29 is 27.5 Å². The van der Waals surface area contributed by atoms with Gasteiger partial charge in [0.2, 0.25) is 11.8 Å². The summed E-state index contributed by atoms with van der Waals surface area (Å²) >= 11 is 12.8. The molecule has 0 aliphatic rings. The highest BCUT2D eigenvalue weighted by Crippen LogP contribution is 2.33. The highest BCUT2D eigenvalue weighted by molar-refractivity contribution is 7.92. The number of methoxy groups -OCH3 is 2. The van der Waals surface area contributed by atoms with Crippen LogP contribution in [-0.2, 0) is 32.6 Å². The van der Waals surface area contributed by atoms with Crippen LogP contribution in [-0.4, -0.2) is 58.5 Å². The van der Waals surface area contributed by atoms with E-state index >= 15 is 0 Å². The van der Waals surface area contributed by atoms with Crippen molar-refractivity contribution in [1.29, 1.82) is 0 Å². The van der Waals surface area contributed by atoms with Crippen LogP contribution in [0.1, 0.15) is 36.1 Å². The molecule has 0 saturated heterocycles. The number of hydrogen-bond donors (Lipinski definition) is 1. The molecular weight excluding hydrogens is 697 g/mol. The highest BCUT2D eigenvalue weighted by atomic mass is 35.5. The van der Waals surface area contributed by atoms with Gasteiger partial charge in [0.1, 0.15) is 12.6 Å². The molecule has 12 heteroatoms. The number of halogens is 2. The molecule has 1 atom stereocenters. The molecule has 0 heterocycles. The lowest BCUT2D eigenvalue weighted by Gasteiger charge is -2.34. The molecule has 2 amide bonds. The summed E-state index contributed by atoms with van der Waals surface area (Å²) in [6, 6.07) is 22.8. The van der Waals surface area contributed by atoms with Crippen LogP contribution in [0.5, 0.6) is 11.5 Å². The third-order valence-corrected chi connectivity index (χ3v) is 10.4. The molecule has 0 aliphatic carbocycles. The van der Waals surface area contributed by atoms with Crippen molar-refractivity contribution in [2.45, 2.75) is 51.6 Å². The van der Waals surface area contributed by atoms with Crippen LogP contribution in [0.2, 0.25) is 10.0 Å². The van der Waals surface area contributed by atoms with E-state index in [-0.39, 0.29) is 35.4 Å². The number of amides is 2. The molecule has 0 aliphatic heterocycles. The SMILES string of the molecule is COc1ccc(S(=O)(=O)N(CC(=O)N(Cc2ccc(Cl)cc2Cl)[C@H](Cc2ccccc2)C(=O)NCC(C)C)c2cc(C)cc(C)c2)cc1OC. The zero-order chi connectivity index (χ0) is 36.6. The number of rotatable bonds is 15. The maximum absolute atomic E-state index is 14.8. The Morgan fingerprint density at radius 1 is 0.840 bits per heavy atom. The molecule has 0 saturated carbocycles. The van der Waals surface area contributed by atoms with Gasteiger partial charge in [0.25, 0.3) is 10.0 Å². The number of carbonyl (C=O) groups is 2. The van der Waals surface area contributed by atoms with E-state index in [0.29, 0.717) is 33.6 Å². The van der Waals surface area contributed by atoms with Crippen LogP contribution in [0, 0.1) is 19.8 Å². The van der Waals surface area contributed by atoms with Gasteiger partial charge in [0.05, 0.1) is 24.8 Å². The monoisotopic (exact) mass is 739 g/mol. The fraction of sp³-hybridized carbons (Fsp3) is 0.316. The average molecular weight is 741 g/mol. The molecule has 4 rings (SSSR count). The number of ether oxygens (including phenoxy) is 2. The fourth-order valence-corrected chi connectivity index (χ4v) is 7.42. The molecule has 266 valence electrons. The Morgan fingerprint density at radius 3 is 2.10 bits per heavy atom. The Bertz CT molecular complexity index is 1900. The van der Waals surface area contributed by atoms with Crippen LogP contribution in [0.4, 0.5) is 5.69 Å². The van der Waals surface area contributed by atoms with Gasteiger partial charge in [-0.25, -0.2) is 8.42 Å². The second-order valence-corrected chi connectivity index (χ2v) is 15.2. The van der Waals surface area contributed by atoms with Crippen LogP contribution in [0.25, 0.3) is 0 Å². The average Bonchev–Trinajstić information content (AvgIpc) is 3.07. The van der Waals surface area contributed by atoms with E-state index in [1.165, 1.54) is 37.3 Å². The van der Waals surface area contributed by atoms with E-state index in [2.05, 4.69) is 5.32 Å². The number of hydrogen-bond acceptors (Lipinski definition) is 6. The van der Waals surface area contributed by atoms with Crippen LogP contribution < -0.4 is 19.1 Å². The molecular formula is C38H43Cl2N3O6S. The van der Waals surface area contributed by atoms with E-state index in [0.717, 1.165) is 21.0 Å². The van der Waals surface area contributed by atoms with Gasteiger partial charge in [0, 0.05) is 35.6 Å². The predicted molar refractivity (Wildman–Crippen MR) is 199 cm³/mol. The third kappa shape index (κ3) is 9.71. The molecule has 4 aromatic carbocycles. The van der Waals surface area contributed by atoms with E-state index in [1.54, 1.807) is 30.3 Å². The number of sulfonamides is 1. The van der Waals surface area contributed by atoms with Crippen molar-refractivity contribution in [3.05, 3.63) is 117 Å². The number of aryl methyl sites for hydroxylation is 2. The van der Waals surface area contributed by atoms with Crippen molar-refractivity contribution in [3.8, 4) is 11.5 Å². The lowest BCUT2D eigenvalue weighted by molar-refractivity contribution is -0.140. The number of anilines is 1. The topological polar surface area (TPSA) is 105 Å². The van der Waals surface area contributed by atoms with Crippen LogP contribution in [0.3, 0.4) is 0 Å².